The van der Waals surface area contributed by atoms with Crippen LogP contribution >= 0.6 is 27.7 Å². The highest BCUT2D eigenvalue weighted by atomic mass is 79.9. The van der Waals surface area contributed by atoms with Crippen molar-refractivity contribution in [1.29, 1.82) is 0 Å². The summed E-state index contributed by atoms with van der Waals surface area (Å²) in [4.78, 5) is 0. The van der Waals surface area contributed by atoms with Crippen molar-refractivity contribution in [2.24, 2.45) is 0 Å². The Hall–Kier alpha value is -1.65. The lowest BCUT2D eigenvalue weighted by Gasteiger charge is -2.03. The maximum absolute atomic E-state index is 4.32. The largest absolute Gasteiger partial charge is 0.149 e. The van der Waals surface area contributed by atoms with Crippen molar-refractivity contribution < 1.29 is 0 Å². The standard InChI is InChI=1S/C18H15BrN2S/c1-13-2-4-14(5-3-13)12-22-18-11-10-17(20-21-18)15-6-8-16(19)9-7-15/h2-11H,12H2,1H3. The third-order valence-corrected chi connectivity index (χ3v) is 4.81. The highest BCUT2D eigenvalue weighted by molar-refractivity contribution is 9.10. The molecule has 0 aliphatic rings. The number of benzene rings is 2. The molecule has 0 radical (unpaired) electrons. The zero-order valence-corrected chi connectivity index (χ0v) is 14.6. The fourth-order valence-electron chi connectivity index (χ4n) is 2.01. The molecule has 3 aromatic rings. The normalized spacial score (nSPS) is 10.6. The minimum absolute atomic E-state index is 0.896. The van der Waals surface area contributed by atoms with Gasteiger partial charge >= 0.3 is 0 Å². The van der Waals surface area contributed by atoms with Gasteiger partial charge in [0.15, 0.2) is 0 Å². The van der Waals surface area contributed by atoms with Crippen LogP contribution < -0.4 is 0 Å². The monoisotopic (exact) mass is 370 g/mol. The van der Waals surface area contributed by atoms with E-state index in [9.17, 15) is 0 Å². The van der Waals surface area contributed by atoms with Crippen molar-refractivity contribution in [3.63, 3.8) is 0 Å². The van der Waals surface area contributed by atoms with Crippen molar-refractivity contribution in [2.75, 3.05) is 0 Å². The lowest BCUT2D eigenvalue weighted by atomic mass is 10.1. The smallest absolute Gasteiger partial charge is 0.119 e. The van der Waals surface area contributed by atoms with Crippen molar-refractivity contribution in [1.82, 2.24) is 10.2 Å². The average molecular weight is 371 g/mol. The van der Waals surface area contributed by atoms with Crippen LogP contribution in [0.15, 0.2) is 70.2 Å². The van der Waals surface area contributed by atoms with E-state index in [1.807, 2.05) is 36.4 Å². The fraction of sp³-hybridized carbons (Fsp3) is 0.111. The SMILES string of the molecule is Cc1ccc(CSc2ccc(-c3ccc(Br)cc3)nn2)cc1. The van der Waals surface area contributed by atoms with Gasteiger partial charge in [-0.2, -0.15) is 0 Å². The first-order valence-corrected chi connectivity index (χ1v) is 8.76. The molecule has 0 aliphatic carbocycles. The Morgan fingerprint density at radius 2 is 1.59 bits per heavy atom. The van der Waals surface area contributed by atoms with E-state index in [0.717, 1.165) is 26.5 Å². The van der Waals surface area contributed by atoms with Gasteiger partial charge in [-0.05, 0) is 36.8 Å². The summed E-state index contributed by atoms with van der Waals surface area (Å²) in [6.45, 7) is 2.10. The van der Waals surface area contributed by atoms with Gasteiger partial charge in [0, 0.05) is 15.8 Å². The van der Waals surface area contributed by atoms with Crippen molar-refractivity contribution >= 4 is 27.7 Å². The summed E-state index contributed by atoms with van der Waals surface area (Å²) in [6, 6.07) is 20.7. The molecule has 0 unspecified atom stereocenters. The van der Waals surface area contributed by atoms with Gasteiger partial charge in [-0.25, -0.2) is 0 Å². The van der Waals surface area contributed by atoms with Crippen LogP contribution in [-0.2, 0) is 5.75 Å². The number of thioether (sulfide) groups is 1. The molecule has 110 valence electrons. The molecule has 0 saturated carbocycles. The Morgan fingerprint density at radius 1 is 0.864 bits per heavy atom. The van der Waals surface area contributed by atoms with E-state index in [0.29, 0.717) is 0 Å². The quantitative estimate of drug-likeness (QED) is 0.566. The second-order valence-corrected chi connectivity index (χ2v) is 6.95. The number of hydrogen-bond donors (Lipinski definition) is 0. The lowest BCUT2D eigenvalue weighted by molar-refractivity contribution is 0.935. The van der Waals surface area contributed by atoms with Gasteiger partial charge in [0.1, 0.15) is 5.03 Å². The zero-order chi connectivity index (χ0) is 15.4. The molecule has 3 rings (SSSR count). The van der Waals surface area contributed by atoms with Crippen molar-refractivity contribution in [3.05, 3.63) is 76.3 Å². The number of halogens is 1. The second-order valence-electron chi connectivity index (χ2n) is 5.04. The third-order valence-electron chi connectivity index (χ3n) is 3.29. The topological polar surface area (TPSA) is 25.8 Å². The van der Waals surface area contributed by atoms with E-state index in [2.05, 4.69) is 57.3 Å². The lowest BCUT2D eigenvalue weighted by Crippen LogP contribution is -1.90. The Kier molecular flexibility index (Phi) is 4.90. The van der Waals surface area contributed by atoms with Crippen LogP contribution in [-0.4, -0.2) is 10.2 Å². The first-order chi connectivity index (χ1) is 10.7. The van der Waals surface area contributed by atoms with Crippen molar-refractivity contribution in [2.45, 2.75) is 17.7 Å². The molecule has 4 heteroatoms. The number of rotatable bonds is 4. The molecular weight excluding hydrogens is 356 g/mol. The summed E-state index contributed by atoms with van der Waals surface area (Å²) in [5.41, 5.74) is 4.56. The van der Waals surface area contributed by atoms with Crippen LogP contribution in [0.25, 0.3) is 11.3 Å². The summed E-state index contributed by atoms with van der Waals surface area (Å²) in [5, 5.41) is 9.58. The molecule has 1 aromatic heterocycles. The summed E-state index contributed by atoms with van der Waals surface area (Å²) >= 11 is 5.14. The van der Waals surface area contributed by atoms with Crippen LogP contribution in [0.2, 0.25) is 0 Å². The van der Waals surface area contributed by atoms with E-state index >= 15 is 0 Å². The molecule has 2 aromatic carbocycles. The number of nitrogens with zero attached hydrogens (tertiary/aromatic N) is 2. The van der Waals surface area contributed by atoms with E-state index in [4.69, 9.17) is 0 Å². The first kappa shape index (κ1) is 15.3. The van der Waals surface area contributed by atoms with Gasteiger partial charge in [-0.15, -0.1) is 10.2 Å². The molecule has 0 N–H and O–H groups in total. The third kappa shape index (κ3) is 3.96. The molecule has 0 atom stereocenters. The minimum Gasteiger partial charge on any atom is -0.149 e. The van der Waals surface area contributed by atoms with Crippen LogP contribution in [0.5, 0.6) is 0 Å². The predicted molar refractivity (Wildman–Crippen MR) is 95.9 cm³/mol. The number of hydrogen-bond acceptors (Lipinski definition) is 3. The van der Waals surface area contributed by atoms with Crippen LogP contribution in [0.4, 0.5) is 0 Å². The van der Waals surface area contributed by atoms with Crippen LogP contribution in [0, 0.1) is 6.92 Å². The van der Waals surface area contributed by atoms with Crippen LogP contribution in [0.3, 0.4) is 0 Å². The van der Waals surface area contributed by atoms with E-state index in [-0.39, 0.29) is 0 Å². The molecule has 1 heterocycles. The molecule has 0 spiro atoms. The maximum Gasteiger partial charge on any atom is 0.119 e. The Balaban J connectivity index is 1.66. The molecule has 0 fully saturated rings. The average Bonchev–Trinajstić information content (AvgIpc) is 2.56. The van der Waals surface area contributed by atoms with Gasteiger partial charge in [-0.1, -0.05) is 69.7 Å². The highest BCUT2D eigenvalue weighted by Gasteiger charge is 2.02. The summed E-state index contributed by atoms with van der Waals surface area (Å²) in [5.74, 6) is 0.909. The molecule has 22 heavy (non-hydrogen) atoms. The van der Waals surface area contributed by atoms with Gasteiger partial charge in [-0.3, -0.25) is 0 Å². The van der Waals surface area contributed by atoms with Crippen LogP contribution in [0.1, 0.15) is 11.1 Å². The Bertz CT molecular complexity index is 738. The summed E-state index contributed by atoms with van der Waals surface area (Å²) in [7, 11) is 0. The van der Waals surface area contributed by atoms with Gasteiger partial charge in [0.05, 0.1) is 5.69 Å². The molecular formula is C18H15BrN2S. The minimum atomic E-state index is 0.896. The zero-order valence-electron chi connectivity index (χ0n) is 12.2. The van der Waals surface area contributed by atoms with E-state index < -0.39 is 0 Å². The van der Waals surface area contributed by atoms with E-state index in [1.165, 1.54) is 11.1 Å². The van der Waals surface area contributed by atoms with Gasteiger partial charge < -0.3 is 0 Å². The first-order valence-electron chi connectivity index (χ1n) is 6.99. The number of aromatic nitrogens is 2. The number of aryl methyl sites for hydroxylation is 1. The molecule has 0 amide bonds. The van der Waals surface area contributed by atoms with Gasteiger partial charge in [0.25, 0.3) is 0 Å². The Labute approximate surface area is 143 Å². The molecule has 2 nitrogen and oxygen atoms in total. The highest BCUT2D eigenvalue weighted by Crippen LogP contribution is 2.23. The molecule has 0 bridgehead atoms. The summed E-state index contributed by atoms with van der Waals surface area (Å²) in [6.07, 6.45) is 0. The summed E-state index contributed by atoms with van der Waals surface area (Å²) < 4.78 is 1.06. The second kappa shape index (κ2) is 7.07. The molecule has 0 aliphatic heterocycles. The molecule has 0 saturated heterocycles. The fourth-order valence-corrected chi connectivity index (χ4v) is 3.05. The van der Waals surface area contributed by atoms with Gasteiger partial charge in [0.2, 0.25) is 0 Å². The van der Waals surface area contributed by atoms with Crippen molar-refractivity contribution in [3.8, 4) is 11.3 Å². The predicted octanol–water partition coefficient (Wildman–Crippen LogP) is 5.51. The van der Waals surface area contributed by atoms with E-state index in [1.54, 1.807) is 11.8 Å². The Morgan fingerprint density at radius 3 is 2.23 bits per heavy atom. The maximum atomic E-state index is 4.32.